The zero-order chi connectivity index (χ0) is 17.5. The van der Waals surface area contributed by atoms with E-state index in [1.54, 1.807) is 11.1 Å². The number of carbonyl (C=O) groups excluding carboxylic acids is 2. The molecular weight excluding hydrogens is 308 g/mol. The molecule has 0 bridgehead atoms. The summed E-state index contributed by atoms with van der Waals surface area (Å²) in [6.07, 6.45) is 3.26. The average Bonchev–Trinajstić information content (AvgIpc) is 2.60. The Bertz CT molecular complexity index is 542. The summed E-state index contributed by atoms with van der Waals surface area (Å²) in [5.41, 5.74) is 5.76. The topological polar surface area (TPSA) is 97.5 Å². The number of rotatable bonds is 6. The fourth-order valence-corrected chi connectivity index (χ4v) is 2.51. The number of aromatic nitrogens is 1. The van der Waals surface area contributed by atoms with Gasteiger partial charge in [-0.15, -0.1) is 0 Å². The second kappa shape index (κ2) is 8.63. The van der Waals surface area contributed by atoms with Crippen LogP contribution in [0.1, 0.15) is 26.7 Å². The highest BCUT2D eigenvalue weighted by Crippen LogP contribution is 2.16. The molecule has 1 fully saturated rings. The molecule has 0 unspecified atom stereocenters. The molecule has 1 aliphatic rings. The first kappa shape index (κ1) is 18.2. The number of hydrogen-bond acceptors (Lipinski definition) is 5. The number of pyridine rings is 1. The predicted octanol–water partition coefficient (Wildman–Crippen LogP) is 0.551. The zero-order valence-corrected chi connectivity index (χ0v) is 14.3. The Labute approximate surface area is 142 Å². The predicted molar refractivity (Wildman–Crippen MR) is 90.3 cm³/mol. The fourth-order valence-electron chi connectivity index (χ4n) is 2.51. The summed E-state index contributed by atoms with van der Waals surface area (Å²) in [4.78, 5) is 29.9. The first-order chi connectivity index (χ1) is 11.5. The summed E-state index contributed by atoms with van der Waals surface area (Å²) in [7, 11) is 0. The lowest BCUT2D eigenvalue weighted by molar-refractivity contribution is -0.134. The highest BCUT2D eigenvalue weighted by Gasteiger charge is 2.25. The van der Waals surface area contributed by atoms with Crippen LogP contribution in [0.4, 0.5) is 0 Å². The van der Waals surface area contributed by atoms with Crippen LogP contribution in [0.5, 0.6) is 5.88 Å². The van der Waals surface area contributed by atoms with E-state index >= 15 is 0 Å². The Morgan fingerprint density at radius 1 is 1.38 bits per heavy atom. The lowest BCUT2D eigenvalue weighted by Gasteiger charge is -2.32. The van der Waals surface area contributed by atoms with Crippen molar-refractivity contribution in [2.75, 3.05) is 19.6 Å². The van der Waals surface area contributed by atoms with E-state index in [9.17, 15) is 9.59 Å². The number of piperidine rings is 1. The maximum absolute atomic E-state index is 12.2. The number of ether oxygens (including phenoxy) is 1. The van der Waals surface area contributed by atoms with E-state index < -0.39 is 6.04 Å². The normalized spacial score (nSPS) is 16.8. The van der Waals surface area contributed by atoms with Gasteiger partial charge in [0.2, 0.25) is 17.7 Å². The van der Waals surface area contributed by atoms with E-state index in [2.05, 4.69) is 10.3 Å². The quantitative estimate of drug-likeness (QED) is 0.792. The average molecular weight is 334 g/mol. The number of carbonyl (C=O) groups is 2. The number of likely N-dealkylation sites (tertiary alicyclic amines) is 1. The van der Waals surface area contributed by atoms with Crippen LogP contribution in [-0.2, 0) is 9.59 Å². The summed E-state index contributed by atoms with van der Waals surface area (Å²) >= 11 is 0. The van der Waals surface area contributed by atoms with Crippen molar-refractivity contribution in [2.45, 2.75) is 38.8 Å². The van der Waals surface area contributed by atoms with Crippen molar-refractivity contribution in [2.24, 2.45) is 11.7 Å². The molecule has 2 amide bonds. The first-order valence-corrected chi connectivity index (χ1v) is 8.36. The standard InChI is InChI=1S/C17H26N4O3/c1-12(2)16(18)17(23)20-11-15(22)21-9-6-13(7-10-21)24-14-5-3-4-8-19-14/h3-5,8,12-13,16H,6-7,9-11,18H2,1-2H3,(H,20,23)/t16-/m0/s1. The van der Waals surface area contributed by atoms with E-state index in [1.165, 1.54) is 0 Å². The number of nitrogens with one attached hydrogen (secondary N) is 1. The van der Waals surface area contributed by atoms with Crippen molar-refractivity contribution >= 4 is 11.8 Å². The van der Waals surface area contributed by atoms with Gasteiger partial charge in [0.25, 0.3) is 0 Å². The van der Waals surface area contributed by atoms with Crippen LogP contribution < -0.4 is 15.8 Å². The molecule has 1 aliphatic heterocycles. The molecular formula is C17H26N4O3. The molecule has 7 heteroatoms. The Hall–Kier alpha value is -2.15. The maximum Gasteiger partial charge on any atom is 0.241 e. The lowest BCUT2D eigenvalue weighted by Crippen LogP contribution is -2.49. The van der Waals surface area contributed by atoms with Gasteiger partial charge < -0.3 is 20.7 Å². The van der Waals surface area contributed by atoms with Crippen LogP contribution >= 0.6 is 0 Å². The number of amides is 2. The molecule has 1 aromatic rings. The third-order valence-corrected chi connectivity index (χ3v) is 4.15. The summed E-state index contributed by atoms with van der Waals surface area (Å²) in [6, 6.07) is 4.96. The molecule has 1 atom stereocenters. The third kappa shape index (κ3) is 5.19. The van der Waals surface area contributed by atoms with Gasteiger partial charge in [-0.1, -0.05) is 19.9 Å². The molecule has 0 spiro atoms. The Morgan fingerprint density at radius 3 is 2.67 bits per heavy atom. The van der Waals surface area contributed by atoms with Crippen molar-refractivity contribution in [1.29, 1.82) is 0 Å². The van der Waals surface area contributed by atoms with Crippen LogP contribution in [0.3, 0.4) is 0 Å². The smallest absolute Gasteiger partial charge is 0.241 e. The van der Waals surface area contributed by atoms with Gasteiger partial charge >= 0.3 is 0 Å². The van der Waals surface area contributed by atoms with Crippen molar-refractivity contribution in [3.05, 3.63) is 24.4 Å². The zero-order valence-electron chi connectivity index (χ0n) is 14.3. The number of nitrogens with zero attached hydrogens (tertiary/aromatic N) is 2. The second-order valence-electron chi connectivity index (χ2n) is 6.35. The van der Waals surface area contributed by atoms with E-state index in [0.29, 0.717) is 19.0 Å². The van der Waals surface area contributed by atoms with Crippen molar-refractivity contribution in [3.8, 4) is 5.88 Å². The molecule has 1 aromatic heterocycles. The monoisotopic (exact) mass is 334 g/mol. The number of hydrogen-bond donors (Lipinski definition) is 2. The highest BCUT2D eigenvalue weighted by atomic mass is 16.5. The van der Waals surface area contributed by atoms with Gasteiger partial charge in [-0.2, -0.15) is 0 Å². The molecule has 24 heavy (non-hydrogen) atoms. The molecule has 0 saturated carbocycles. The highest BCUT2D eigenvalue weighted by molar-refractivity contribution is 5.87. The maximum atomic E-state index is 12.2. The fraction of sp³-hybridized carbons (Fsp3) is 0.588. The van der Waals surface area contributed by atoms with Crippen LogP contribution in [0.15, 0.2) is 24.4 Å². The van der Waals surface area contributed by atoms with Crippen LogP contribution in [0.25, 0.3) is 0 Å². The minimum absolute atomic E-state index is 0.00891. The molecule has 2 heterocycles. The SMILES string of the molecule is CC(C)[C@H](N)C(=O)NCC(=O)N1CCC(Oc2ccccn2)CC1. The van der Waals surface area contributed by atoms with Gasteiger partial charge in [-0.25, -0.2) is 4.98 Å². The van der Waals surface area contributed by atoms with Crippen LogP contribution in [-0.4, -0.2) is 53.5 Å². The van der Waals surface area contributed by atoms with Crippen molar-refractivity contribution in [3.63, 3.8) is 0 Å². The van der Waals surface area contributed by atoms with Crippen molar-refractivity contribution in [1.82, 2.24) is 15.2 Å². The minimum atomic E-state index is -0.588. The minimum Gasteiger partial charge on any atom is -0.474 e. The van der Waals surface area contributed by atoms with Gasteiger partial charge in [0.05, 0.1) is 12.6 Å². The molecule has 2 rings (SSSR count). The summed E-state index contributed by atoms with van der Waals surface area (Å²) in [6.45, 7) is 4.97. The number of nitrogens with two attached hydrogens (primary N) is 1. The van der Waals surface area contributed by atoms with E-state index in [1.807, 2.05) is 32.0 Å². The Morgan fingerprint density at radius 2 is 2.08 bits per heavy atom. The van der Waals surface area contributed by atoms with E-state index in [-0.39, 0.29) is 30.4 Å². The van der Waals surface area contributed by atoms with Gasteiger partial charge in [0.15, 0.2) is 0 Å². The van der Waals surface area contributed by atoms with Gasteiger partial charge in [-0.3, -0.25) is 9.59 Å². The largest absolute Gasteiger partial charge is 0.474 e. The second-order valence-corrected chi connectivity index (χ2v) is 6.35. The first-order valence-electron chi connectivity index (χ1n) is 8.36. The molecule has 132 valence electrons. The lowest BCUT2D eigenvalue weighted by atomic mass is 10.1. The summed E-state index contributed by atoms with van der Waals surface area (Å²) in [5, 5.41) is 2.62. The van der Waals surface area contributed by atoms with Crippen LogP contribution in [0, 0.1) is 5.92 Å². The van der Waals surface area contributed by atoms with Gasteiger partial charge in [0.1, 0.15) is 6.10 Å². The summed E-state index contributed by atoms with van der Waals surface area (Å²) in [5.74, 6) is 0.277. The van der Waals surface area contributed by atoms with Crippen molar-refractivity contribution < 1.29 is 14.3 Å². The van der Waals surface area contributed by atoms with Crippen LogP contribution in [0.2, 0.25) is 0 Å². The van der Waals surface area contributed by atoms with E-state index in [4.69, 9.17) is 10.5 Å². The van der Waals surface area contributed by atoms with Gasteiger partial charge in [-0.05, 0) is 12.0 Å². The Kier molecular flexibility index (Phi) is 6.54. The van der Waals surface area contributed by atoms with Gasteiger partial charge in [0, 0.05) is 38.2 Å². The summed E-state index contributed by atoms with van der Waals surface area (Å²) < 4.78 is 5.80. The molecule has 0 aliphatic carbocycles. The molecule has 1 saturated heterocycles. The molecule has 3 N–H and O–H groups in total. The molecule has 0 radical (unpaired) electrons. The third-order valence-electron chi connectivity index (χ3n) is 4.15. The molecule has 7 nitrogen and oxygen atoms in total. The Balaban J connectivity index is 1.71. The molecule has 0 aromatic carbocycles. The van der Waals surface area contributed by atoms with E-state index in [0.717, 1.165) is 12.8 Å².